The van der Waals surface area contributed by atoms with Crippen molar-refractivity contribution in [2.45, 2.75) is 31.7 Å². The van der Waals surface area contributed by atoms with Crippen molar-refractivity contribution in [3.05, 3.63) is 24.3 Å². The van der Waals surface area contributed by atoms with Gasteiger partial charge in [0.1, 0.15) is 5.69 Å². The lowest BCUT2D eigenvalue weighted by atomic mass is 9.87. The molecule has 4 nitrogen and oxygen atoms in total. The van der Waals surface area contributed by atoms with Crippen LogP contribution in [0.25, 0.3) is 0 Å². The minimum atomic E-state index is -0.393. The smallest absolute Gasteiger partial charge is 0.202 e. The summed E-state index contributed by atoms with van der Waals surface area (Å²) in [6.07, 6.45) is 7.45. The summed E-state index contributed by atoms with van der Waals surface area (Å²) in [4.78, 5) is 20.2. The minimum Gasteiger partial charge on any atom is -0.305 e. The molecule has 0 aliphatic carbocycles. The van der Waals surface area contributed by atoms with Gasteiger partial charge in [-0.25, -0.2) is 4.98 Å². The second-order valence-corrected chi connectivity index (χ2v) is 3.89. The molecule has 1 unspecified atom stereocenters. The average molecular weight is 205 g/mol. The maximum Gasteiger partial charge on any atom is 0.202 e. The van der Waals surface area contributed by atoms with Gasteiger partial charge in [0.15, 0.2) is 0 Å². The number of rotatable bonds is 3. The van der Waals surface area contributed by atoms with E-state index in [1.54, 1.807) is 18.6 Å². The SMILES string of the molecule is CCC1(C(=O)c2cnccn2)CCCN1. The lowest BCUT2D eigenvalue weighted by Crippen LogP contribution is -2.47. The maximum atomic E-state index is 12.2. The summed E-state index contributed by atoms with van der Waals surface area (Å²) in [6.45, 7) is 2.95. The highest BCUT2D eigenvalue weighted by Crippen LogP contribution is 2.26. The second kappa shape index (κ2) is 4.06. The zero-order valence-electron chi connectivity index (χ0n) is 8.86. The summed E-state index contributed by atoms with van der Waals surface area (Å²) in [5, 5.41) is 3.30. The summed E-state index contributed by atoms with van der Waals surface area (Å²) >= 11 is 0. The Hall–Kier alpha value is -1.29. The third-order valence-corrected chi connectivity index (χ3v) is 3.08. The van der Waals surface area contributed by atoms with E-state index >= 15 is 0 Å². The van der Waals surface area contributed by atoms with Crippen molar-refractivity contribution in [1.82, 2.24) is 15.3 Å². The maximum absolute atomic E-state index is 12.2. The molecule has 2 rings (SSSR count). The van der Waals surface area contributed by atoms with E-state index in [9.17, 15) is 4.79 Å². The number of Topliss-reactive ketones (excluding diaryl/α,β-unsaturated/α-hetero) is 1. The van der Waals surface area contributed by atoms with Crippen LogP contribution < -0.4 is 5.32 Å². The molecule has 1 saturated heterocycles. The molecule has 1 aliphatic rings. The van der Waals surface area contributed by atoms with Gasteiger partial charge in [-0.05, 0) is 25.8 Å². The van der Waals surface area contributed by atoms with Crippen LogP contribution in [-0.2, 0) is 0 Å². The van der Waals surface area contributed by atoms with Gasteiger partial charge < -0.3 is 5.32 Å². The van der Waals surface area contributed by atoms with Gasteiger partial charge in [-0.2, -0.15) is 0 Å². The van der Waals surface area contributed by atoms with Crippen LogP contribution in [0.3, 0.4) is 0 Å². The molecular formula is C11H15N3O. The molecule has 1 aromatic rings. The molecule has 1 fully saturated rings. The normalized spacial score (nSPS) is 25.4. The van der Waals surface area contributed by atoms with E-state index in [4.69, 9.17) is 0 Å². The predicted molar refractivity (Wildman–Crippen MR) is 56.6 cm³/mol. The fraction of sp³-hybridized carbons (Fsp3) is 0.545. The van der Waals surface area contributed by atoms with Gasteiger partial charge in [-0.3, -0.25) is 9.78 Å². The van der Waals surface area contributed by atoms with Crippen molar-refractivity contribution < 1.29 is 4.79 Å². The fourth-order valence-electron chi connectivity index (χ4n) is 2.12. The quantitative estimate of drug-likeness (QED) is 0.753. The molecule has 2 heterocycles. The Kier molecular flexibility index (Phi) is 2.77. The molecule has 1 aromatic heterocycles. The van der Waals surface area contributed by atoms with E-state index in [-0.39, 0.29) is 5.78 Å². The van der Waals surface area contributed by atoms with Crippen LogP contribution in [0.2, 0.25) is 0 Å². The number of carbonyl (C=O) groups is 1. The highest BCUT2D eigenvalue weighted by atomic mass is 16.1. The van der Waals surface area contributed by atoms with Crippen molar-refractivity contribution in [1.29, 1.82) is 0 Å². The van der Waals surface area contributed by atoms with Crippen LogP contribution in [-0.4, -0.2) is 27.8 Å². The number of hydrogen-bond donors (Lipinski definition) is 1. The Bertz CT molecular complexity index is 344. The van der Waals surface area contributed by atoms with Crippen molar-refractivity contribution in [2.75, 3.05) is 6.54 Å². The molecule has 0 aromatic carbocycles. The first-order valence-corrected chi connectivity index (χ1v) is 5.34. The van der Waals surface area contributed by atoms with Gasteiger partial charge in [-0.15, -0.1) is 0 Å². The van der Waals surface area contributed by atoms with E-state index in [0.29, 0.717) is 5.69 Å². The third-order valence-electron chi connectivity index (χ3n) is 3.08. The number of ketones is 1. The molecule has 1 aliphatic heterocycles. The van der Waals surface area contributed by atoms with Crippen molar-refractivity contribution in [3.8, 4) is 0 Å². The summed E-state index contributed by atoms with van der Waals surface area (Å²) in [6, 6.07) is 0. The predicted octanol–water partition coefficient (Wildman–Crippen LogP) is 1.19. The number of nitrogens with one attached hydrogen (secondary N) is 1. The Balaban J connectivity index is 2.27. The third kappa shape index (κ3) is 1.77. The van der Waals surface area contributed by atoms with Gasteiger partial charge in [-0.1, -0.05) is 6.92 Å². The monoisotopic (exact) mass is 205 g/mol. The van der Waals surface area contributed by atoms with Crippen LogP contribution in [0.15, 0.2) is 18.6 Å². The Morgan fingerprint density at radius 3 is 3.00 bits per heavy atom. The lowest BCUT2D eigenvalue weighted by Gasteiger charge is -2.25. The first kappa shape index (κ1) is 10.2. The van der Waals surface area contributed by atoms with E-state index in [1.165, 1.54) is 0 Å². The average Bonchev–Trinajstić information content (AvgIpc) is 2.79. The van der Waals surface area contributed by atoms with Crippen LogP contribution in [0.4, 0.5) is 0 Å². The zero-order valence-corrected chi connectivity index (χ0v) is 8.86. The van der Waals surface area contributed by atoms with Gasteiger partial charge >= 0.3 is 0 Å². The van der Waals surface area contributed by atoms with Crippen LogP contribution in [0.1, 0.15) is 36.7 Å². The molecule has 0 radical (unpaired) electrons. The number of carbonyl (C=O) groups excluding carboxylic acids is 1. The van der Waals surface area contributed by atoms with E-state index in [0.717, 1.165) is 25.8 Å². The molecule has 0 saturated carbocycles. The Labute approximate surface area is 89.1 Å². The summed E-state index contributed by atoms with van der Waals surface area (Å²) in [5.74, 6) is 0.0793. The Morgan fingerprint density at radius 1 is 1.60 bits per heavy atom. The molecule has 0 spiro atoms. The van der Waals surface area contributed by atoms with Gasteiger partial charge in [0.2, 0.25) is 5.78 Å². The standard InChI is InChI=1S/C11H15N3O/c1-2-11(4-3-5-14-11)10(15)9-8-12-6-7-13-9/h6-8,14H,2-5H2,1H3. The van der Waals surface area contributed by atoms with Crippen molar-refractivity contribution >= 4 is 5.78 Å². The van der Waals surface area contributed by atoms with Gasteiger partial charge in [0.05, 0.1) is 11.7 Å². The first-order valence-electron chi connectivity index (χ1n) is 5.34. The minimum absolute atomic E-state index is 0.0793. The number of aromatic nitrogens is 2. The van der Waals surface area contributed by atoms with Gasteiger partial charge in [0.25, 0.3) is 0 Å². The molecule has 80 valence electrons. The van der Waals surface area contributed by atoms with E-state index < -0.39 is 5.54 Å². The molecule has 0 amide bonds. The highest BCUT2D eigenvalue weighted by Gasteiger charge is 2.40. The van der Waals surface area contributed by atoms with Crippen LogP contribution in [0, 0.1) is 0 Å². The van der Waals surface area contributed by atoms with Crippen LogP contribution >= 0.6 is 0 Å². The molecule has 1 atom stereocenters. The second-order valence-electron chi connectivity index (χ2n) is 3.89. The summed E-state index contributed by atoms with van der Waals surface area (Å²) in [5.41, 5.74) is 0.0736. The van der Waals surface area contributed by atoms with Crippen molar-refractivity contribution in [2.24, 2.45) is 0 Å². The number of nitrogens with zero attached hydrogens (tertiary/aromatic N) is 2. The molecule has 15 heavy (non-hydrogen) atoms. The molecular weight excluding hydrogens is 190 g/mol. The Morgan fingerprint density at radius 2 is 2.47 bits per heavy atom. The number of hydrogen-bond acceptors (Lipinski definition) is 4. The van der Waals surface area contributed by atoms with E-state index in [1.807, 2.05) is 6.92 Å². The summed E-state index contributed by atoms with van der Waals surface area (Å²) in [7, 11) is 0. The fourth-order valence-corrected chi connectivity index (χ4v) is 2.12. The summed E-state index contributed by atoms with van der Waals surface area (Å²) < 4.78 is 0. The van der Waals surface area contributed by atoms with Crippen LogP contribution in [0.5, 0.6) is 0 Å². The first-order chi connectivity index (χ1) is 7.28. The van der Waals surface area contributed by atoms with Crippen molar-refractivity contribution in [3.63, 3.8) is 0 Å². The molecule has 1 N–H and O–H groups in total. The molecule has 0 bridgehead atoms. The largest absolute Gasteiger partial charge is 0.305 e. The topological polar surface area (TPSA) is 54.9 Å². The lowest BCUT2D eigenvalue weighted by molar-refractivity contribution is 0.0858. The molecule has 4 heteroatoms. The van der Waals surface area contributed by atoms with E-state index in [2.05, 4.69) is 15.3 Å². The highest BCUT2D eigenvalue weighted by molar-refractivity contribution is 6.01. The van der Waals surface area contributed by atoms with Gasteiger partial charge in [0, 0.05) is 12.4 Å². The zero-order chi connectivity index (χ0) is 10.7.